The summed E-state index contributed by atoms with van der Waals surface area (Å²) in [4.78, 5) is 10.7. The molecule has 2 N–H and O–H groups in total. The van der Waals surface area contributed by atoms with Crippen LogP contribution in [0.3, 0.4) is 0 Å². The van der Waals surface area contributed by atoms with Crippen molar-refractivity contribution in [3.8, 4) is 0 Å². The topological polar surface area (TPSA) is 118 Å². The monoisotopic (exact) mass is 299 g/mol. The van der Waals surface area contributed by atoms with Crippen molar-refractivity contribution in [1.29, 1.82) is 0 Å². The highest BCUT2D eigenvalue weighted by molar-refractivity contribution is 8.06. The maximum absolute atomic E-state index is 11.5. The first-order chi connectivity index (χ1) is 8.04. The minimum atomic E-state index is -3.92. The average Bonchev–Trinajstić information content (AvgIpc) is 2.04. The molecular formula is C9H17NO6S2. The van der Waals surface area contributed by atoms with Gasteiger partial charge >= 0.3 is 5.97 Å². The van der Waals surface area contributed by atoms with Gasteiger partial charge < -0.3 is 5.11 Å². The molecule has 0 amide bonds. The fourth-order valence-electron chi connectivity index (χ4n) is 2.00. The third kappa shape index (κ3) is 4.91. The first-order valence-electron chi connectivity index (χ1n) is 5.41. The van der Waals surface area contributed by atoms with E-state index in [0.29, 0.717) is 12.8 Å². The zero-order valence-corrected chi connectivity index (χ0v) is 11.7. The third-order valence-corrected chi connectivity index (χ3v) is 6.51. The summed E-state index contributed by atoms with van der Waals surface area (Å²) in [7, 11) is -7.54. The summed E-state index contributed by atoms with van der Waals surface area (Å²) in [6, 6.07) is 0. The molecule has 18 heavy (non-hydrogen) atoms. The van der Waals surface area contributed by atoms with Gasteiger partial charge in [0, 0.05) is 12.8 Å². The third-order valence-electron chi connectivity index (χ3n) is 2.98. The van der Waals surface area contributed by atoms with Crippen molar-refractivity contribution >= 4 is 25.8 Å². The van der Waals surface area contributed by atoms with Gasteiger partial charge in [0.1, 0.15) is 0 Å². The van der Waals surface area contributed by atoms with Gasteiger partial charge in [0.15, 0.2) is 14.9 Å². The lowest BCUT2D eigenvalue weighted by Gasteiger charge is -2.40. The molecule has 0 aromatic rings. The molecule has 0 heterocycles. The molecule has 0 atom stereocenters. The molecule has 0 unspecified atom stereocenters. The van der Waals surface area contributed by atoms with E-state index in [2.05, 4.69) is 4.72 Å². The molecule has 9 heteroatoms. The lowest BCUT2D eigenvalue weighted by molar-refractivity contribution is -0.141. The summed E-state index contributed by atoms with van der Waals surface area (Å²) < 4.78 is 47.0. The predicted octanol–water partition coefficient (Wildman–Crippen LogP) is -0.447. The van der Waals surface area contributed by atoms with Crippen molar-refractivity contribution in [3.63, 3.8) is 0 Å². The molecule has 0 aromatic carbocycles. The van der Waals surface area contributed by atoms with Crippen LogP contribution in [0.25, 0.3) is 0 Å². The normalized spacial score (nSPS) is 19.2. The van der Waals surface area contributed by atoms with Crippen LogP contribution < -0.4 is 4.72 Å². The second kappa shape index (κ2) is 5.14. The minimum absolute atomic E-state index is 0.0167. The standard InChI is InChI=1S/C9H17NO6S2/c1-17(13,14)7-18(15,16)10-6-9(3-2-4-9)5-8(11)12/h10H,2-7H2,1H3,(H,11,12). The number of rotatable bonds is 7. The second-order valence-corrected chi connectivity index (χ2v) is 9.22. The van der Waals surface area contributed by atoms with E-state index in [4.69, 9.17) is 5.11 Å². The fourth-order valence-corrected chi connectivity index (χ4v) is 5.11. The first kappa shape index (κ1) is 15.4. The van der Waals surface area contributed by atoms with E-state index in [9.17, 15) is 21.6 Å². The summed E-state index contributed by atoms with van der Waals surface area (Å²) in [6.45, 7) is -0.0167. The molecule has 1 fully saturated rings. The number of hydrogen-bond acceptors (Lipinski definition) is 5. The van der Waals surface area contributed by atoms with Crippen LogP contribution in [0.2, 0.25) is 0 Å². The maximum Gasteiger partial charge on any atom is 0.303 e. The van der Waals surface area contributed by atoms with Gasteiger partial charge in [0.25, 0.3) is 0 Å². The van der Waals surface area contributed by atoms with Crippen LogP contribution in [0.1, 0.15) is 25.7 Å². The Morgan fingerprint density at radius 3 is 2.17 bits per heavy atom. The number of nitrogens with one attached hydrogen (secondary N) is 1. The van der Waals surface area contributed by atoms with Crippen molar-refractivity contribution in [1.82, 2.24) is 4.72 Å². The van der Waals surface area contributed by atoms with Crippen LogP contribution in [0.4, 0.5) is 0 Å². The van der Waals surface area contributed by atoms with E-state index in [1.54, 1.807) is 0 Å². The lowest BCUT2D eigenvalue weighted by atomic mass is 9.67. The molecule has 0 aromatic heterocycles. The molecule has 1 saturated carbocycles. The van der Waals surface area contributed by atoms with E-state index < -0.39 is 36.3 Å². The van der Waals surface area contributed by atoms with Crippen molar-refractivity contribution in [2.75, 3.05) is 17.9 Å². The Morgan fingerprint density at radius 2 is 1.83 bits per heavy atom. The van der Waals surface area contributed by atoms with Crippen LogP contribution in [-0.4, -0.2) is 45.8 Å². The van der Waals surface area contributed by atoms with Crippen LogP contribution in [0, 0.1) is 5.41 Å². The highest BCUT2D eigenvalue weighted by Crippen LogP contribution is 2.43. The zero-order valence-electron chi connectivity index (χ0n) is 10.0. The summed E-state index contributed by atoms with van der Waals surface area (Å²) in [5.41, 5.74) is -0.559. The van der Waals surface area contributed by atoms with Gasteiger partial charge in [-0.3, -0.25) is 4.79 Å². The number of hydrogen-bond donors (Lipinski definition) is 2. The van der Waals surface area contributed by atoms with E-state index in [1.807, 2.05) is 0 Å². The zero-order chi connectivity index (χ0) is 14.0. The molecule has 1 aliphatic rings. The SMILES string of the molecule is CS(=O)(=O)CS(=O)(=O)NCC1(CC(=O)O)CCC1. The van der Waals surface area contributed by atoms with Gasteiger partial charge in [0.2, 0.25) is 10.0 Å². The van der Waals surface area contributed by atoms with Crippen molar-refractivity contribution in [3.05, 3.63) is 0 Å². The van der Waals surface area contributed by atoms with Crippen molar-refractivity contribution < 1.29 is 26.7 Å². The summed E-state index contributed by atoms with van der Waals surface area (Å²) in [6.07, 6.45) is 2.87. The number of sulfone groups is 1. The quantitative estimate of drug-likeness (QED) is 0.657. The van der Waals surface area contributed by atoms with Crippen LogP contribution in [0.5, 0.6) is 0 Å². The summed E-state index contributed by atoms with van der Waals surface area (Å²) >= 11 is 0. The summed E-state index contributed by atoms with van der Waals surface area (Å²) in [5.74, 6) is -0.975. The molecule has 0 bridgehead atoms. The maximum atomic E-state index is 11.5. The second-order valence-electron chi connectivity index (χ2n) is 4.90. The Balaban J connectivity index is 2.61. The first-order valence-corrected chi connectivity index (χ1v) is 9.12. The molecular weight excluding hydrogens is 282 g/mol. The highest BCUT2D eigenvalue weighted by Gasteiger charge is 2.39. The number of carboxylic acid groups (broad SMARTS) is 1. The number of carboxylic acids is 1. The van der Waals surface area contributed by atoms with Crippen LogP contribution >= 0.6 is 0 Å². The number of sulfonamides is 1. The molecule has 0 spiro atoms. The predicted molar refractivity (Wildman–Crippen MR) is 65.2 cm³/mol. The summed E-state index contributed by atoms with van der Waals surface area (Å²) in [5, 5.41) is 7.79. The van der Waals surface area contributed by atoms with Crippen LogP contribution in [-0.2, 0) is 24.7 Å². The molecule has 1 aliphatic carbocycles. The molecule has 0 radical (unpaired) electrons. The Kier molecular flexibility index (Phi) is 4.39. The van der Waals surface area contributed by atoms with E-state index in [1.165, 1.54) is 0 Å². The Labute approximate surface area is 107 Å². The van der Waals surface area contributed by atoms with Crippen molar-refractivity contribution in [2.24, 2.45) is 5.41 Å². The molecule has 7 nitrogen and oxygen atoms in total. The van der Waals surface area contributed by atoms with E-state index >= 15 is 0 Å². The molecule has 0 saturated heterocycles. The largest absolute Gasteiger partial charge is 0.481 e. The molecule has 0 aliphatic heterocycles. The lowest BCUT2D eigenvalue weighted by Crippen LogP contribution is -2.44. The van der Waals surface area contributed by atoms with Gasteiger partial charge in [-0.2, -0.15) is 0 Å². The highest BCUT2D eigenvalue weighted by atomic mass is 32.3. The average molecular weight is 299 g/mol. The van der Waals surface area contributed by atoms with Gasteiger partial charge in [-0.15, -0.1) is 0 Å². The van der Waals surface area contributed by atoms with Gasteiger partial charge in [-0.05, 0) is 18.3 Å². The fraction of sp³-hybridized carbons (Fsp3) is 0.889. The van der Waals surface area contributed by atoms with Crippen molar-refractivity contribution in [2.45, 2.75) is 25.7 Å². The minimum Gasteiger partial charge on any atom is -0.481 e. The van der Waals surface area contributed by atoms with Gasteiger partial charge in [0.05, 0.1) is 6.42 Å². The Hall–Kier alpha value is -0.670. The van der Waals surface area contributed by atoms with E-state index in [-0.39, 0.29) is 13.0 Å². The number of carbonyl (C=O) groups is 1. The molecule has 1 rings (SSSR count). The van der Waals surface area contributed by atoms with Gasteiger partial charge in [-0.25, -0.2) is 21.6 Å². The van der Waals surface area contributed by atoms with Crippen LogP contribution in [0.15, 0.2) is 0 Å². The molecule has 106 valence electrons. The van der Waals surface area contributed by atoms with Gasteiger partial charge in [-0.1, -0.05) is 6.42 Å². The number of aliphatic carboxylic acids is 1. The Morgan fingerprint density at radius 1 is 1.28 bits per heavy atom. The Bertz CT molecular complexity index is 517. The smallest absolute Gasteiger partial charge is 0.303 e. The van der Waals surface area contributed by atoms with E-state index in [0.717, 1.165) is 12.7 Å².